The summed E-state index contributed by atoms with van der Waals surface area (Å²) in [6.45, 7) is 2.83. The fourth-order valence-corrected chi connectivity index (χ4v) is 1.93. The third-order valence-electron chi connectivity index (χ3n) is 2.26. The number of furan rings is 1. The summed E-state index contributed by atoms with van der Waals surface area (Å²) in [6.07, 6.45) is 0.216. The fourth-order valence-electron chi connectivity index (χ4n) is 1.57. The van der Waals surface area contributed by atoms with Gasteiger partial charge in [0.1, 0.15) is 11.3 Å². The normalized spacial score (nSPS) is 10.2. The van der Waals surface area contributed by atoms with E-state index in [1.54, 1.807) is 0 Å². The van der Waals surface area contributed by atoms with Gasteiger partial charge in [-0.15, -0.1) is 0 Å². The molecule has 0 saturated heterocycles. The van der Waals surface area contributed by atoms with Gasteiger partial charge in [-0.3, -0.25) is 19.7 Å². The van der Waals surface area contributed by atoms with E-state index in [4.69, 9.17) is 10.2 Å². The zero-order chi connectivity index (χ0) is 13.9. The smallest absolute Gasteiger partial charge is 0.255 e. The molecule has 6 nitrogen and oxygen atoms in total. The van der Waals surface area contributed by atoms with Crippen LogP contribution in [0.3, 0.4) is 0 Å². The third kappa shape index (κ3) is 2.98. The Morgan fingerprint density at radius 1 is 1.33 bits per heavy atom. The molecule has 3 N–H and O–H groups in total. The van der Waals surface area contributed by atoms with Gasteiger partial charge in [0.15, 0.2) is 5.78 Å². The minimum atomic E-state index is -0.814. The first kappa shape index (κ1) is 14.4. The molecule has 0 fully saturated rings. The van der Waals surface area contributed by atoms with Crippen LogP contribution in [0.15, 0.2) is 4.42 Å². The summed E-state index contributed by atoms with van der Waals surface area (Å²) in [4.78, 5) is 34.2. The number of nitrogens with one attached hydrogen (secondary N) is 1. The van der Waals surface area contributed by atoms with Crippen LogP contribution in [0.1, 0.15) is 39.8 Å². The van der Waals surface area contributed by atoms with Gasteiger partial charge in [-0.25, -0.2) is 0 Å². The van der Waals surface area contributed by atoms with Crippen LogP contribution in [0, 0.1) is 6.92 Å². The molecule has 0 atom stereocenters. The molecule has 18 heavy (non-hydrogen) atoms. The van der Waals surface area contributed by atoms with Crippen molar-refractivity contribution in [2.24, 2.45) is 5.73 Å². The highest BCUT2D eigenvalue weighted by Crippen LogP contribution is 2.27. The Balaban J connectivity index is 3.20. The molecular formula is C11H13BrN2O4. The van der Waals surface area contributed by atoms with Gasteiger partial charge in [-0.1, -0.05) is 15.9 Å². The molecule has 1 aromatic heterocycles. The van der Waals surface area contributed by atoms with Crippen LogP contribution in [-0.4, -0.2) is 22.9 Å². The predicted octanol–water partition coefficient (Wildman–Crippen LogP) is 1.61. The highest BCUT2D eigenvalue weighted by molar-refractivity contribution is 9.09. The van der Waals surface area contributed by atoms with Gasteiger partial charge in [0, 0.05) is 11.8 Å². The van der Waals surface area contributed by atoms with E-state index in [1.165, 1.54) is 13.8 Å². The molecule has 0 saturated carbocycles. The molecule has 0 radical (unpaired) electrons. The van der Waals surface area contributed by atoms with Gasteiger partial charge in [-0.05, 0) is 13.8 Å². The van der Waals surface area contributed by atoms with Gasteiger partial charge in [0.05, 0.1) is 5.56 Å². The molecule has 0 aliphatic rings. The van der Waals surface area contributed by atoms with Gasteiger partial charge in [-0.2, -0.15) is 0 Å². The minimum absolute atomic E-state index is 0.0730. The number of alkyl halides is 1. The average molecular weight is 317 g/mol. The van der Waals surface area contributed by atoms with Crippen molar-refractivity contribution in [1.29, 1.82) is 0 Å². The van der Waals surface area contributed by atoms with Crippen molar-refractivity contribution in [2.75, 3.05) is 10.6 Å². The van der Waals surface area contributed by atoms with E-state index in [2.05, 4.69) is 21.2 Å². The molecule has 1 rings (SSSR count). The molecule has 2 amide bonds. The Bertz CT molecular complexity index is 507. The van der Waals surface area contributed by atoms with E-state index in [0.29, 0.717) is 5.33 Å². The van der Waals surface area contributed by atoms with Crippen LogP contribution in [0.4, 0.5) is 5.88 Å². The highest BCUT2D eigenvalue weighted by Gasteiger charge is 2.25. The highest BCUT2D eigenvalue weighted by atomic mass is 79.9. The molecule has 1 aromatic rings. The maximum absolute atomic E-state index is 11.4. The molecule has 7 heteroatoms. The lowest BCUT2D eigenvalue weighted by molar-refractivity contribution is -0.115. The van der Waals surface area contributed by atoms with Crippen molar-refractivity contribution in [1.82, 2.24) is 0 Å². The van der Waals surface area contributed by atoms with Crippen LogP contribution >= 0.6 is 15.9 Å². The number of hydrogen-bond acceptors (Lipinski definition) is 4. The Morgan fingerprint density at radius 2 is 1.94 bits per heavy atom. The van der Waals surface area contributed by atoms with Crippen LogP contribution in [0.25, 0.3) is 0 Å². The third-order valence-corrected chi connectivity index (χ3v) is 2.65. The second kappa shape index (κ2) is 5.81. The number of amides is 2. The number of rotatable bonds is 5. The van der Waals surface area contributed by atoms with E-state index < -0.39 is 5.91 Å². The van der Waals surface area contributed by atoms with E-state index >= 15 is 0 Å². The fraction of sp³-hybridized carbons (Fsp3) is 0.364. The summed E-state index contributed by atoms with van der Waals surface area (Å²) in [6, 6.07) is 0. The molecule has 0 spiro atoms. The number of hydrogen-bond donors (Lipinski definition) is 2. The number of ketones is 1. The van der Waals surface area contributed by atoms with Crippen molar-refractivity contribution in [3.63, 3.8) is 0 Å². The lowest BCUT2D eigenvalue weighted by Gasteiger charge is -2.02. The van der Waals surface area contributed by atoms with Gasteiger partial charge < -0.3 is 10.2 Å². The number of anilines is 1. The van der Waals surface area contributed by atoms with Crippen molar-refractivity contribution in [3.05, 3.63) is 16.9 Å². The number of nitrogens with two attached hydrogens (primary N) is 1. The maximum atomic E-state index is 11.4. The van der Waals surface area contributed by atoms with Crippen molar-refractivity contribution >= 4 is 39.4 Å². The standard InChI is InChI=1S/C11H13BrN2O4/c1-5(15)8-6(2)18-11(9(8)10(13)17)14-7(16)3-4-12/h3-4H2,1-2H3,(H2,13,17)(H,14,16). The zero-order valence-corrected chi connectivity index (χ0v) is 11.6. The molecule has 0 unspecified atom stereocenters. The summed E-state index contributed by atoms with van der Waals surface area (Å²) in [7, 11) is 0. The van der Waals surface area contributed by atoms with E-state index in [0.717, 1.165) is 0 Å². The largest absolute Gasteiger partial charge is 0.444 e. The first-order valence-corrected chi connectivity index (χ1v) is 6.30. The molecule has 0 aromatic carbocycles. The lowest BCUT2D eigenvalue weighted by Crippen LogP contribution is -2.19. The number of Topliss-reactive ketones (excluding diaryl/α,β-unsaturated/α-hetero) is 1. The Morgan fingerprint density at radius 3 is 2.39 bits per heavy atom. The number of aryl methyl sites for hydroxylation is 1. The number of carbonyl (C=O) groups excluding carboxylic acids is 3. The Hall–Kier alpha value is -1.63. The second-order valence-corrected chi connectivity index (χ2v) is 4.44. The van der Waals surface area contributed by atoms with Crippen LogP contribution in [0.5, 0.6) is 0 Å². The van der Waals surface area contributed by atoms with Gasteiger partial charge >= 0.3 is 0 Å². The molecular weight excluding hydrogens is 304 g/mol. The van der Waals surface area contributed by atoms with Crippen molar-refractivity contribution < 1.29 is 18.8 Å². The summed E-state index contributed by atoms with van der Waals surface area (Å²) >= 11 is 3.12. The number of carbonyl (C=O) groups is 3. The maximum Gasteiger partial charge on any atom is 0.255 e. The summed E-state index contributed by atoms with van der Waals surface area (Å²) in [5.74, 6) is -1.31. The first-order valence-electron chi connectivity index (χ1n) is 5.18. The van der Waals surface area contributed by atoms with Crippen molar-refractivity contribution in [3.8, 4) is 0 Å². The van der Waals surface area contributed by atoms with Gasteiger partial charge in [0.2, 0.25) is 11.8 Å². The van der Waals surface area contributed by atoms with Crippen LogP contribution in [-0.2, 0) is 4.79 Å². The first-order chi connectivity index (χ1) is 8.38. The Kier molecular flexibility index (Phi) is 4.66. The van der Waals surface area contributed by atoms with Gasteiger partial charge in [0.25, 0.3) is 5.91 Å². The molecule has 0 aliphatic carbocycles. The predicted molar refractivity (Wildman–Crippen MR) is 69.0 cm³/mol. The molecule has 0 aliphatic heterocycles. The SMILES string of the molecule is CC(=O)c1c(C)oc(NC(=O)CCBr)c1C(N)=O. The summed E-state index contributed by atoms with van der Waals surface area (Å²) < 4.78 is 5.22. The lowest BCUT2D eigenvalue weighted by atomic mass is 10.1. The minimum Gasteiger partial charge on any atom is -0.444 e. The monoisotopic (exact) mass is 316 g/mol. The van der Waals surface area contributed by atoms with Crippen molar-refractivity contribution in [2.45, 2.75) is 20.3 Å². The van der Waals surface area contributed by atoms with Crippen LogP contribution in [0.2, 0.25) is 0 Å². The number of halogens is 1. The molecule has 0 bridgehead atoms. The van der Waals surface area contributed by atoms with E-state index in [1.807, 2.05) is 0 Å². The summed E-state index contributed by atoms with van der Waals surface area (Å²) in [5, 5.41) is 2.90. The zero-order valence-electron chi connectivity index (χ0n) is 10.0. The van der Waals surface area contributed by atoms with Crippen LogP contribution < -0.4 is 11.1 Å². The quantitative estimate of drug-likeness (QED) is 0.636. The molecule has 98 valence electrons. The summed E-state index contributed by atoms with van der Waals surface area (Å²) in [5.41, 5.74) is 5.23. The Labute approximate surface area is 112 Å². The average Bonchev–Trinajstić information content (AvgIpc) is 2.55. The molecule has 1 heterocycles. The van der Waals surface area contributed by atoms with E-state index in [-0.39, 0.29) is 40.9 Å². The second-order valence-electron chi connectivity index (χ2n) is 3.64. The number of primary amides is 1. The topological polar surface area (TPSA) is 102 Å². The van der Waals surface area contributed by atoms with E-state index in [9.17, 15) is 14.4 Å².